The van der Waals surface area contributed by atoms with E-state index in [4.69, 9.17) is 10.8 Å². The SMILES string of the molecule is CCCCCCCCNC(N)=NCc1ccc(F)c(CO)c1.I. The number of benzene rings is 1. The Morgan fingerprint density at radius 2 is 1.91 bits per heavy atom. The number of rotatable bonds is 10. The number of nitrogens with zero attached hydrogens (tertiary/aromatic N) is 1. The molecule has 0 bridgehead atoms. The maximum absolute atomic E-state index is 13.3. The normalized spacial score (nSPS) is 11.2. The van der Waals surface area contributed by atoms with Gasteiger partial charge in [0, 0.05) is 12.1 Å². The molecule has 1 rings (SSSR count). The summed E-state index contributed by atoms with van der Waals surface area (Å²) in [6, 6.07) is 4.61. The predicted molar refractivity (Wildman–Crippen MR) is 104 cm³/mol. The molecule has 0 spiro atoms. The summed E-state index contributed by atoms with van der Waals surface area (Å²) in [7, 11) is 0. The first-order chi connectivity index (χ1) is 10.7. The van der Waals surface area contributed by atoms with E-state index in [0.717, 1.165) is 18.5 Å². The van der Waals surface area contributed by atoms with E-state index in [0.29, 0.717) is 12.5 Å². The molecule has 1 aromatic rings. The fourth-order valence-electron chi connectivity index (χ4n) is 2.20. The molecule has 0 aliphatic rings. The largest absolute Gasteiger partial charge is 0.392 e. The first-order valence-corrected chi connectivity index (χ1v) is 8.09. The van der Waals surface area contributed by atoms with Crippen molar-refractivity contribution < 1.29 is 9.50 Å². The van der Waals surface area contributed by atoms with E-state index in [1.54, 1.807) is 12.1 Å². The fraction of sp³-hybridized carbons (Fsp3) is 0.588. The quantitative estimate of drug-likeness (QED) is 0.226. The Morgan fingerprint density at radius 1 is 1.22 bits per heavy atom. The lowest BCUT2D eigenvalue weighted by molar-refractivity contribution is 0.275. The summed E-state index contributed by atoms with van der Waals surface area (Å²) in [6.45, 7) is 3.11. The summed E-state index contributed by atoms with van der Waals surface area (Å²) in [4.78, 5) is 4.23. The maximum Gasteiger partial charge on any atom is 0.188 e. The number of unbranched alkanes of at least 4 members (excludes halogenated alkanes) is 5. The number of aliphatic hydroxyl groups is 1. The zero-order valence-electron chi connectivity index (χ0n) is 13.9. The minimum Gasteiger partial charge on any atom is -0.392 e. The zero-order chi connectivity index (χ0) is 16.2. The molecule has 0 heterocycles. The van der Waals surface area contributed by atoms with E-state index < -0.39 is 5.82 Å². The molecular formula is C17H29FIN3O. The topological polar surface area (TPSA) is 70.6 Å². The van der Waals surface area contributed by atoms with E-state index >= 15 is 0 Å². The number of hydrogen-bond acceptors (Lipinski definition) is 2. The maximum atomic E-state index is 13.3. The molecule has 4 nitrogen and oxygen atoms in total. The van der Waals surface area contributed by atoms with Crippen LogP contribution in [-0.2, 0) is 13.2 Å². The van der Waals surface area contributed by atoms with Crippen molar-refractivity contribution in [3.8, 4) is 0 Å². The number of aliphatic hydroxyl groups excluding tert-OH is 1. The van der Waals surface area contributed by atoms with Gasteiger partial charge < -0.3 is 16.2 Å². The molecule has 1 aromatic carbocycles. The minimum atomic E-state index is -0.399. The van der Waals surface area contributed by atoms with Crippen LogP contribution in [0.3, 0.4) is 0 Å². The highest BCUT2D eigenvalue weighted by Gasteiger charge is 2.02. The van der Waals surface area contributed by atoms with E-state index in [-0.39, 0.29) is 36.1 Å². The molecule has 0 aliphatic heterocycles. The van der Waals surface area contributed by atoms with Crippen LogP contribution in [0.5, 0.6) is 0 Å². The van der Waals surface area contributed by atoms with Crippen LogP contribution in [0.25, 0.3) is 0 Å². The Morgan fingerprint density at radius 3 is 2.61 bits per heavy atom. The van der Waals surface area contributed by atoms with E-state index in [1.807, 2.05) is 0 Å². The summed E-state index contributed by atoms with van der Waals surface area (Å²) in [6.07, 6.45) is 7.44. The molecule has 0 amide bonds. The monoisotopic (exact) mass is 437 g/mol. The highest BCUT2D eigenvalue weighted by Crippen LogP contribution is 2.11. The zero-order valence-corrected chi connectivity index (χ0v) is 16.2. The van der Waals surface area contributed by atoms with Crippen molar-refractivity contribution in [3.05, 3.63) is 35.1 Å². The molecule has 132 valence electrons. The third-order valence-electron chi connectivity index (χ3n) is 3.55. The lowest BCUT2D eigenvalue weighted by Gasteiger charge is -2.06. The van der Waals surface area contributed by atoms with Gasteiger partial charge in [0.25, 0.3) is 0 Å². The van der Waals surface area contributed by atoms with Gasteiger partial charge in [0.05, 0.1) is 13.2 Å². The van der Waals surface area contributed by atoms with Gasteiger partial charge in [-0.25, -0.2) is 9.38 Å². The van der Waals surface area contributed by atoms with Gasteiger partial charge in [-0.15, -0.1) is 24.0 Å². The number of nitrogens with one attached hydrogen (secondary N) is 1. The second-order valence-corrected chi connectivity index (χ2v) is 5.48. The standard InChI is InChI=1S/C17H28FN3O.HI/c1-2-3-4-5-6-7-10-20-17(19)21-12-14-8-9-16(18)15(11-14)13-22;/h8-9,11,22H,2-7,10,12-13H2,1H3,(H3,19,20,21);1H. The van der Waals surface area contributed by atoms with Crippen LogP contribution in [0.15, 0.2) is 23.2 Å². The Labute approximate surface area is 155 Å². The molecule has 0 fully saturated rings. The van der Waals surface area contributed by atoms with Crippen LogP contribution in [0, 0.1) is 5.82 Å². The molecule has 0 radical (unpaired) electrons. The number of hydrogen-bond donors (Lipinski definition) is 3. The summed E-state index contributed by atoms with van der Waals surface area (Å²) in [5.41, 5.74) is 6.91. The van der Waals surface area contributed by atoms with Gasteiger partial charge in [0.2, 0.25) is 0 Å². The Bertz CT molecular complexity index is 469. The van der Waals surface area contributed by atoms with Crippen molar-refractivity contribution in [1.82, 2.24) is 5.32 Å². The van der Waals surface area contributed by atoms with Crippen molar-refractivity contribution in [2.45, 2.75) is 58.6 Å². The first kappa shape index (κ1) is 22.1. The van der Waals surface area contributed by atoms with Gasteiger partial charge in [-0.3, -0.25) is 0 Å². The Balaban J connectivity index is 0.00000484. The lowest BCUT2D eigenvalue weighted by Crippen LogP contribution is -2.32. The minimum absolute atomic E-state index is 0. The Kier molecular flexibility index (Phi) is 13.0. The Hall–Kier alpha value is -0.890. The van der Waals surface area contributed by atoms with Crippen LogP contribution in [-0.4, -0.2) is 17.6 Å². The first-order valence-electron chi connectivity index (χ1n) is 8.09. The van der Waals surface area contributed by atoms with Gasteiger partial charge in [0.15, 0.2) is 5.96 Å². The number of nitrogens with two attached hydrogens (primary N) is 1. The third kappa shape index (κ3) is 9.76. The van der Waals surface area contributed by atoms with E-state index in [1.165, 1.54) is 38.2 Å². The molecular weight excluding hydrogens is 408 g/mol. The molecule has 0 saturated carbocycles. The molecule has 0 aromatic heterocycles. The van der Waals surface area contributed by atoms with Crippen molar-refractivity contribution >= 4 is 29.9 Å². The van der Waals surface area contributed by atoms with E-state index in [9.17, 15) is 4.39 Å². The van der Waals surface area contributed by atoms with Crippen molar-refractivity contribution in [1.29, 1.82) is 0 Å². The van der Waals surface area contributed by atoms with Crippen molar-refractivity contribution in [3.63, 3.8) is 0 Å². The van der Waals surface area contributed by atoms with Gasteiger partial charge in [-0.2, -0.15) is 0 Å². The van der Waals surface area contributed by atoms with Gasteiger partial charge in [0.1, 0.15) is 5.82 Å². The third-order valence-corrected chi connectivity index (χ3v) is 3.55. The molecule has 0 unspecified atom stereocenters. The smallest absolute Gasteiger partial charge is 0.188 e. The van der Waals surface area contributed by atoms with Crippen molar-refractivity contribution in [2.75, 3.05) is 6.54 Å². The summed E-state index contributed by atoms with van der Waals surface area (Å²) in [5, 5.41) is 12.1. The molecule has 4 N–H and O–H groups in total. The molecule has 23 heavy (non-hydrogen) atoms. The lowest BCUT2D eigenvalue weighted by atomic mass is 10.1. The summed E-state index contributed by atoms with van der Waals surface area (Å²) < 4.78 is 13.3. The highest BCUT2D eigenvalue weighted by molar-refractivity contribution is 14.0. The average molecular weight is 437 g/mol. The molecule has 6 heteroatoms. The average Bonchev–Trinajstić information content (AvgIpc) is 2.53. The van der Waals surface area contributed by atoms with Crippen LogP contribution in [0.1, 0.15) is 56.6 Å². The van der Waals surface area contributed by atoms with Gasteiger partial charge >= 0.3 is 0 Å². The van der Waals surface area contributed by atoms with Gasteiger partial charge in [-0.1, -0.05) is 45.1 Å². The predicted octanol–water partition coefficient (Wildman–Crippen LogP) is 3.70. The van der Waals surface area contributed by atoms with Crippen LogP contribution >= 0.6 is 24.0 Å². The molecule has 0 atom stereocenters. The highest BCUT2D eigenvalue weighted by atomic mass is 127. The second kappa shape index (κ2) is 13.5. The summed E-state index contributed by atoms with van der Waals surface area (Å²) >= 11 is 0. The molecule has 0 aliphatic carbocycles. The second-order valence-electron chi connectivity index (χ2n) is 5.48. The van der Waals surface area contributed by atoms with Crippen molar-refractivity contribution in [2.24, 2.45) is 10.7 Å². The number of guanidine groups is 1. The van der Waals surface area contributed by atoms with E-state index in [2.05, 4.69) is 17.2 Å². The van der Waals surface area contributed by atoms with Crippen LogP contribution in [0.2, 0.25) is 0 Å². The summed E-state index contributed by atoms with van der Waals surface area (Å²) in [5.74, 6) is 0.00725. The van der Waals surface area contributed by atoms with Gasteiger partial charge in [-0.05, 0) is 24.1 Å². The molecule has 0 saturated heterocycles. The van der Waals surface area contributed by atoms with Crippen LogP contribution in [0.4, 0.5) is 4.39 Å². The number of aliphatic imine (C=N–C) groups is 1. The fourth-order valence-corrected chi connectivity index (χ4v) is 2.20. The number of halogens is 2. The van der Waals surface area contributed by atoms with Crippen LogP contribution < -0.4 is 11.1 Å².